The first kappa shape index (κ1) is 12.3. The van der Waals surface area contributed by atoms with Crippen molar-refractivity contribution < 1.29 is 9.84 Å². The molecular weight excluding hydrogens is 248 g/mol. The van der Waals surface area contributed by atoms with Crippen LogP contribution in [0, 0.1) is 11.3 Å². The van der Waals surface area contributed by atoms with Crippen LogP contribution in [0.3, 0.4) is 0 Å². The minimum absolute atomic E-state index is 0.103. The van der Waals surface area contributed by atoms with E-state index in [-0.39, 0.29) is 5.75 Å². The number of nitrogens with zero attached hydrogens (tertiary/aromatic N) is 1. The van der Waals surface area contributed by atoms with E-state index in [1.165, 1.54) is 18.4 Å². The summed E-state index contributed by atoms with van der Waals surface area (Å²) in [4.78, 5) is 1.77. The van der Waals surface area contributed by atoms with Gasteiger partial charge in [-0.1, -0.05) is 0 Å². The lowest BCUT2D eigenvalue weighted by Gasteiger charge is -2.07. The first-order chi connectivity index (χ1) is 8.72. The smallest absolute Gasteiger partial charge is 0.160 e. The minimum atomic E-state index is 0.103. The third kappa shape index (κ3) is 2.73. The number of nitrogens with one attached hydrogen (secondary N) is 1. The Kier molecular flexibility index (Phi) is 3.70. The zero-order valence-electron chi connectivity index (χ0n) is 9.80. The third-order valence-corrected chi connectivity index (χ3v) is 3.41. The lowest BCUT2D eigenvalue weighted by atomic mass is 10.2. The Hall–Kier alpha value is -2.19. The fourth-order valence-electron chi connectivity index (χ4n) is 1.52. The van der Waals surface area contributed by atoms with Gasteiger partial charge in [-0.2, -0.15) is 5.26 Å². The van der Waals surface area contributed by atoms with E-state index in [1.54, 1.807) is 18.2 Å². The van der Waals surface area contributed by atoms with Crippen molar-refractivity contribution in [2.45, 2.75) is 6.54 Å². The molecule has 0 aliphatic rings. The summed E-state index contributed by atoms with van der Waals surface area (Å²) in [7, 11) is 1.51. The fourth-order valence-corrected chi connectivity index (χ4v) is 2.27. The molecule has 1 aromatic heterocycles. The predicted molar refractivity (Wildman–Crippen MR) is 71.0 cm³/mol. The number of phenols is 1. The molecule has 1 heterocycles. The summed E-state index contributed by atoms with van der Waals surface area (Å²) in [6, 6.07) is 11.0. The second-order valence-corrected chi connectivity index (χ2v) is 4.79. The SMILES string of the molecule is COc1ccc(NCc2ccc(C#N)s2)cc1O. The van der Waals surface area contributed by atoms with Crippen LogP contribution in [-0.2, 0) is 6.54 Å². The maximum absolute atomic E-state index is 9.63. The maximum Gasteiger partial charge on any atom is 0.160 e. The van der Waals surface area contributed by atoms with Gasteiger partial charge in [0.2, 0.25) is 0 Å². The molecule has 5 heteroatoms. The largest absolute Gasteiger partial charge is 0.504 e. The average molecular weight is 260 g/mol. The highest BCUT2D eigenvalue weighted by Gasteiger charge is 2.03. The third-order valence-electron chi connectivity index (χ3n) is 2.42. The molecule has 92 valence electrons. The van der Waals surface area contributed by atoms with E-state index in [9.17, 15) is 5.11 Å². The van der Waals surface area contributed by atoms with Crippen molar-refractivity contribution in [3.8, 4) is 17.6 Å². The molecule has 0 bridgehead atoms. The topological polar surface area (TPSA) is 65.3 Å². The molecule has 18 heavy (non-hydrogen) atoms. The monoisotopic (exact) mass is 260 g/mol. The number of nitriles is 1. The van der Waals surface area contributed by atoms with Crippen molar-refractivity contribution in [2.75, 3.05) is 12.4 Å². The van der Waals surface area contributed by atoms with E-state index < -0.39 is 0 Å². The summed E-state index contributed by atoms with van der Waals surface area (Å²) in [5.41, 5.74) is 0.806. The van der Waals surface area contributed by atoms with Gasteiger partial charge in [-0.25, -0.2) is 0 Å². The van der Waals surface area contributed by atoms with Gasteiger partial charge >= 0.3 is 0 Å². The van der Waals surface area contributed by atoms with Crippen LogP contribution in [0.2, 0.25) is 0 Å². The summed E-state index contributed by atoms with van der Waals surface area (Å²) < 4.78 is 4.97. The molecular formula is C13H12N2O2S. The van der Waals surface area contributed by atoms with Crippen LogP contribution >= 0.6 is 11.3 Å². The van der Waals surface area contributed by atoms with Gasteiger partial charge in [0.1, 0.15) is 10.9 Å². The van der Waals surface area contributed by atoms with Gasteiger partial charge in [0.15, 0.2) is 11.5 Å². The zero-order valence-corrected chi connectivity index (χ0v) is 10.6. The molecule has 2 rings (SSSR count). The Labute approximate surface area is 109 Å². The number of hydrogen-bond acceptors (Lipinski definition) is 5. The summed E-state index contributed by atoms with van der Waals surface area (Å²) in [5.74, 6) is 0.551. The van der Waals surface area contributed by atoms with Crippen LogP contribution in [0.25, 0.3) is 0 Å². The zero-order chi connectivity index (χ0) is 13.0. The summed E-state index contributed by atoms with van der Waals surface area (Å²) >= 11 is 1.45. The average Bonchev–Trinajstić information content (AvgIpc) is 2.84. The van der Waals surface area contributed by atoms with Gasteiger partial charge in [-0.3, -0.25) is 0 Å². The molecule has 0 spiro atoms. The van der Waals surface area contributed by atoms with Gasteiger partial charge in [-0.15, -0.1) is 11.3 Å². The molecule has 0 saturated heterocycles. The van der Waals surface area contributed by atoms with E-state index in [0.717, 1.165) is 10.6 Å². The maximum atomic E-state index is 9.63. The van der Waals surface area contributed by atoms with Gasteiger partial charge in [0, 0.05) is 23.2 Å². The molecule has 0 aliphatic carbocycles. The van der Waals surface area contributed by atoms with Gasteiger partial charge in [-0.05, 0) is 24.3 Å². The second-order valence-electron chi connectivity index (χ2n) is 3.62. The quantitative estimate of drug-likeness (QED) is 0.887. The number of benzene rings is 1. The highest BCUT2D eigenvalue weighted by atomic mass is 32.1. The molecule has 0 saturated carbocycles. The van der Waals surface area contributed by atoms with Crippen molar-refractivity contribution in [2.24, 2.45) is 0 Å². The van der Waals surface area contributed by atoms with Crippen LogP contribution in [0.15, 0.2) is 30.3 Å². The molecule has 0 fully saturated rings. The van der Waals surface area contributed by atoms with E-state index in [0.29, 0.717) is 17.2 Å². The Morgan fingerprint density at radius 3 is 2.83 bits per heavy atom. The molecule has 0 radical (unpaired) electrons. The van der Waals surface area contributed by atoms with Crippen molar-refractivity contribution >= 4 is 17.0 Å². The molecule has 2 N–H and O–H groups in total. The number of ether oxygens (including phenoxy) is 1. The molecule has 2 aromatic rings. The number of methoxy groups -OCH3 is 1. The van der Waals surface area contributed by atoms with Gasteiger partial charge < -0.3 is 15.2 Å². The molecule has 4 nitrogen and oxygen atoms in total. The van der Waals surface area contributed by atoms with Crippen LogP contribution < -0.4 is 10.1 Å². The van der Waals surface area contributed by atoms with Crippen LogP contribution in [0.5, 0.6) is 11.5 Å². The molecule has 0 aliphatic heterocycles. The number of aromatic hydroxyl groups is 1. The fraction of sp³-hybridized carbons (Fsp3) is 0.154. The molecule has 0 amide bonds. The van der Waals surface area contributed by atoms with Crippen LogP contribution in [-0.4, -0.2) is 12.2 Å². The van der Waals surface area contributed by atoms with E-state index in [2.05, 4.69) is 11.4 Å². The number of anilines is 1. The predicted octanol–water partition coefficient (Wildman–Crippen LogP) is 2.95. The molecule has 0 unspecified atom stereocenters. The number of rotatable bonds is 4. The standard InChI is InChI=1S/C13H12N2O2S/c1-17-13-5-2-9(6-12(13)16)15-8-11-4-3-10(7-14)18-11/h2-6,15-16H,8H2,1H3. The van der Waals surface area contributed by atoms with Crippen molar-refractivity contribution in [1.82, 2.24) is 0 Å². The van der Waals surface area contributed by atoms with Crippen LogP contribution in [0.4, 0.5) is 5.69 Å². The number of hydrogen-bond donors (Lipinski definition) is 2. The normalized spacial score (nSPS) is 9.78. The van der Waals surface area contributed by atoms with Crippen molar-refractivity contribution in [3.05, 3.63) is 40.1 Å². The van der Waals surface area contributed by atoms with Gasteiger partial charge in [0.05, 0.1) is 7.11 Å². The summed E-state index contributed by atoms with van der Waals surface area (Å²) in [6.07, 6.45) is 0. The molecule has 0 atom stereocenters. The lowest BCUT2D eigenvalue weighted by molar-refractivity contribution is 0.373. The van der Waals surface area contributed by atoms with Crippen molar-refractivity contribution in [1.29, 1.82) is 5.26 Å². The Bertz CT molecular complexity index is 587. The second kappa shape index (κ2) is 5.43. The van der Waals surface area contributed by atoms with E-state index in [4.69, 9.17) is 10.00 Å². The van der Waals surface area contributed by atoms with E-state index >= 15 is 0 Å². The minimum Gasteiger partial charge on any atom is -0.504 e. The number of thiophene rings is 1. The summed E-state index contributed by atoms with van der Waals surface area (Å²) in [5, 5.41) is 21.5. The van der Waals surface area contributed by atoms with Gasteiger partial charge in [0.25, 0.3) is 0 Å². The Morgan fingerprint density at radius 2 is 2.22 bits per heavy atom. The lowest BCUT2D eigenvalue weighted by Crippen LogP contribution is -1.97. The first-order valence-electron chi connectivity index (χ1n) is 5.32. The van der Waals surface area contributed by atoms with Crippen LogP contribution in [0.1, 0.15) is 9.75 Å². The highest BCUT2D eigenvalue weighted by molar-refractivity contribution is 7.12. The Morgan fingerprint density at radius 1 is 1.39 bits per heavy atom. The first-order valence-corrected chi connectivity index (χ1v) is 6.14. The van der Waals surface area contributed by atoms with Crippen molar-refractivity contribution in [3.63, 3.8) is 0 Å². The molecule has 1 aromatic carbocycles. The summed E-state index contributed by atoms with van der Waals surface area (Å²) in [6.45, 7) is 0.623. The van der Waals surface area contributed by atoms with E-state index in [1.807, 2.05) is 12.1 Å². The Balaban J connectivity index is 2.02. The highest BCUT2D eigenvalue weighted by Crippen LogP contribution is 2.29. The number of phenolic OH excluding ortho intramolecular Hbond substituents is 1.